The fourth-order valence-electron chi connectivity index (χ4n) is 1.19. The molecule has 0 aromatic rings. The van der Waals surface area contributed by atoms with Gasteiger partial charge in [0.15, 0.2) is 0 Å². The van der Waals surface area contributed by atoms with Crippen LogP contribution in [0.2, 0.25) is 0 Å². The lowest BCUT2D eigenvalue weighted by Crippen LogP contribution is -2.42. The SMILES string of the molecule is C#CC(=O)C1CC(NC)C1. The average molecular weight is 137 g/mol. The lowest BCUT2D eigenvalue weighted by atomic mass is 9.78. The summed E-state index contributed by atoms with van der Waals surface area (Å²) in [5.74, 6) is 2.25. The van der Waals surface area contributed by atoms with Gasteiger partial charge < -0.3 is 5.32 Å². The molecular weight excluding hydrogens is 126 g/mol. The highest BCUT2D eigenvalue weighted by Crippen LogP contribution is 2.27. The average Bonchev–Trinajstić information content (AvgIpc) is 1.85. The molecular formula is C8H11NO. The van der Waals surface area contributed by atoms with Gasteiger partial charge in [0.05, 0.1) is 0 Å². The van der Waals surface area contributed by atoms with Gasteiger partial charge in [0.1, 0.15) is 0 Å². The van der Waals surface area contributed by atoms with Crippen molar-refractivity contribution in [3.63, 3.8) is 0 Å². The molecule has 0 bridgehead atoms. The van der Waals surface area contributed by atoms with Crippen LogP contribution >= 0.6 is 0 Å². The van der Waals surface area contributed by atoms with Crippen molar-refractivity contribution in [1.29, 1.82) is 0 Å². The van der Waals surface area contributed by atoms with Crippen LogP contribution in [0.4, 0.5) is 0 Å². The first-order valence-electron chi connectivity index (χ1n) is 3.45. The summed E-state index contributed by atoms with van der Waals surface area (Å²) in [7, 11) is 1.90. The zero-order valence-corrected chi connectivity index (χ0v) is 6.05. The molecule has 1 rings (SSSR count). The van der Waals surface area contributed by atoms with Gasteiger partial charge in [-0.15, -0.1) is 6.42 Å². The molecule has 0 saturated heterocycles. The highest BCUT2D eigenvalue weighted by molar-refractivity contribution is 5.97. The molecule has 0 atom stereocenters. The molecule has 1 aliphatic rings. The van der Waals surface area contributed by atoms with Crippen LogP contribution in [0.5, 0.6) is 0 Å². The van der Waals surface area contributed by atoms with E-state index in [-0.39, 0.29) is 11.7 Å². The first kappa shape index (κ1) is 7.30. The molecule has 0 aliphatic heterocycles. The van der Waals surface area contributed by atoms with E-state index >= 15 is 0 Å². The second-order valence-corrected chi connectivity index (χ2v) is 2.66. The highest BCUT2D eigenvalue weighted by Gasteiger charge is 2.32. The Bertz CT molecular complexity index is 174. The predicted octanol–water partition coefficient (Wildman–Crippen LogP) is 0.187. The minimum absolute atomic E-state index is 0.0356. The number of Topliss-reactive ketones (excluding diaryl/α,β-unsaturated/α-hetero) is 1. The van der Waals surface area contributed by atoms with Gasteiger partial charge in [-0.2, -0.15) is 0 Å². The lowest BCUT2D eigenvalue weighted by Gasteiger charge is -2.32. The van der Waals surface area contributed by atoms with Crippen molar-refractivity contribution in [1.82, 2.24) is 5.32 Å². The van der Waals surface area contributed by atoms with E-state index in [1.54, 1.807) is 0 Å². The summed E-state index contributed by atoms with van der Waals surface area (Å²) < 4.78 is 0. The van der Waals surface area contributed by atoms with E-state index < -0.39 is 0 Å². The Morgan fingerprint density at radius 3 is 2.70 bits per heavy atom. The van der Waals surface area contributed by atoms with Crippen molar-refractivity contribution in [2.75, 3.05) is 7.05 Å². The van der Waals surface area contributed by atoms with Crippen molar-refractivity contribution in [2.24, 2.45) is 5.92 Å². The maximum absolute atomic E-state index is 10.8. The van der Waals surface area contributed by atoms with Crippen molar-refractivity contribution < 1.29 is 4.79 Å². The standard InChI is InChI=1S/C8H11NO/c1-3-8(10)6-4-7(5-6)9-2/h1,6-7,9H,4-5H2,2H3. The van der Waals surface area contributed by atoms with Crippen molar-refractivity contribution in [3.8, 4) is 12.3 Å². The van der Waals surface area contributed by atoms with Gasteiger partial charge in [-0.05, 0) is 25.8 Å². The summed E-state index contributed by atoms with van der Waals surface area (Å²) in [6.07, 6.45) is 6.78. The molecule has 2 nitrogen and oxygen atoms in total. The topological polar surface area (TPSA) is 29.1 Å². The molecule has 54 valence electrons. The number of nitrogens with one attached hydrogen (secondary N) is 1. The highest BCUT2D eigenvalue weighted by atomic mass is 16.1. The van der Waals surface area contributed by atoms with Crippen molar-refractivity contribution >= 4 is 5.78 Å². The molecule has 10 heavy (non-hydrogen) atoms. The first-order valence-corrected chi connectivity index (χ1v) is 3.45. The number of hydrogen-bond acceptors (Lipinski definition) is 2. The fourth-order valence-corrected chi connectivity index (χ4v) is 1.19. The molecule has 1 fully saturated rings. The van der Waals surface area contributed by atoms with Crippen molar-refractivity contribution in [2.45, 2.75) is 18.9 Å². The third-order valence-corrected chi connectivity index (χ3v) is 2.06. The monoisotopic (exact) mass is 137 g/mol. The third-order valence-electron chi connectivity index (χ3n) is 2.06. The van der Waals surface area contributed by atoms with E-state index in [1.807, 2.05) is 7.05 Å². The Labute approximate surface area is 61.0 Å². The van der Waals surface area contributed by atoms with Gasteiger partial charge in [-0.1, -0.05) is 0 Å². The second kappa shape index (κ2) is 2.85. The Morgan fingerprint density at radius 1 is 1.70 bits per heavy atom. The van der Waals surface area contributed by atoms with Gasteiger partial charge >= 0.3 is 0 Å². The smallest absolute Gasteiger partial charge is 0.208 e. The van der Waals surface area contributed by atoms with Crippen LogP contribution in [-0.2, 0) is 4.79 Å². The Balaban J connectivity index is 2.27. The molecule has 0 heterocycles. The van der Waals surface area contributed by atoms with Crippen LogP contribution in [-0.4, -0.2) is 18.9 Å². The van der Waals surface area contributed by atoms with E-state index in [0.29, 0.717) is 6.04 Å². The third kappa shape index (κ3) is 1.19. The summed E-state index contributed by atoms with van der Waals surface area (Å²) >= 11 is 0. The largest absolute Gasteiger partial charge is 0.317 e. The number of carbonyl (C=O) groups is 1. The first-order chi connectivity index (χ1) is 4.77. The molecule has 1 saturated carbocycles. The van der Waals surface area contributed by atoms with Gasteiger partial charge in [0.25, 0.3) is 0 Å². The maximum Gasteiger partial charge on any atom is 0.208 e. The minimum atomic E-state index is -0.0356. The summed E-state index contributed by atoms with van der Waals surface area (Å²) in [6.45, 7) is 0. The maximum atomic E-state index is 10.8. The zero-order valence-electron chi connectivity index (χ0n) is 6.05. The van der Waals surface area contributed by atoms with Gasteiger partial charge in [-0.25, -0.2) is 0 Å². The fraction of sp³-hybridized carbons (Fsp3) is 0.625. The number of hydrogen-bond donors (Lipinski definition) is 1. The molecule has 0 aromatic heterocycles. The van der Waals surface area contributed by atoms with Gasteiger partial charge in [0, 0.05) is 12.0 Å². The molecule has 1 aliphatic carbocycles. The van der Waals surface area contributed by atoms with E-state index in [2.05, 4.69) is 11.2 Å². The summed E-state index contributed by atoms with van der Waals surface area (Å²) in [4.78, 5) is 10.8. The molecule has 0 aromatic carbocycles. The van der Waals surface area contributed by atoms with E-state index in [4.69, 9.17) is 6.42 Å². The number of ketones is 1. The minimum Gasteiger partial charge on any atom is -0.317 e. The number of carbonyl (C=O) groups excluding carboxylic acids is 1. The summed E-state index contributed by atoms with van der Waals surface area (Å²) in [5.41, 5.74) is 0. The molecule has 0 spiro atoms. The van der Waals surface area contributed by atoms with Crippen molar-refractivity contribution in [3.05, 3.63) is 0 Å². The summed E-state index contributed by atoms with van der Waals surface area (Å²) in [6, 6.07) is 0.516. The van der Waals surface area contributed by atoms with E-state index in [0.717, 1.165) is 12.8 Å². The molecule has 1 N–H and O–H groups in total. The van der Waals surface area contributed by atoms with Gasteiger partial charge in [-0.3, -0.25) is 4.79 Å². The predicted molar refractivity (Wildman–Crippen MR) is 39.4 cm³/mol. The molecule has 0 radical (unpaired) electrons. The zero-order chi connectivity index (χ0) is 7.56. The normalized spacial score (nSPS) is 30.4. The Kier molecular flexibility index (Phi) is 2.08. The molecule has 0 amide bonds. The quantitative estimate of drug-likeness (QED) is 0.434. The number of rotatable bonds is 2. The van der Waals surface area contributed by atoms with Gasteiger partial charge in [0.2, 0.25) is 5.78 Å². The Hall–Kier alpha value is -0.810. The van der Waals surface area contributed by atoms with E-state index in [1.165, 1.54) is 0 Å². The van der Waals surface area contributed by atoms with E-state index in [9.17, 15) is 4.79 Å². The van der Waals surface area contributed by atoms with Crippen LogP contribution < -0.4 is 5.32 Å². The van der Waals surface area contributed by atoms with Crippen LogP contribution in [0.15, 0.2) is 0 Å². The van der Waals surface area contributed by atoms with Crippen LogP contribution in [0.1, 0.15) is 12.8 Å². The van der Waals surface area contributed by atoms with Crippen LogP contribution in [0, 0.1) is 18.3 Å². The lowest BCUT2D eigenvalue weighted by molar-refractivity contribution is -0.120. The summed E-state index contributed by atoms with van der Waals surface area (Å²) in [5, 5.41) is 3.09. The number of terminal acetylenes is 1. The van der Waals surface area contributed by atoms with Crippen LogP contribution in [0.25, 0.3) is 0 Å². The second-order valence-electron chi connectivity index (χ2n) is 2.66. The van der Waals surface area contributed by atoms with Crippen LogP contribution in [0.3, 0.4) is 0 Å². The molecule has 0 unspecified atom stereocenters. The Morgan fingerprint density at radius 2 is 2.30 bits per heavy atom. The molecule has 2 heteroatoms.